The molecule has 2 rings (SSSR count). The van der Waals surface area contributed by atoms with Gasteiger partial charge in [0, 0.05) is 36.4 Å². The van der Waals surface area contributed by atoms with Gasteiger partial charge in [0.1, 0.15) is 0 Å². The standard InChI is InChI=1S/C18H21ClN2O2/c1-3-23-18(22)21(2)13-11-16(17-6-4-5-12-20-17)14-7-9-15(19)10-8-14/h4-10,12,16H,3,11,13H2,1-2H3. The molecule has 0 fully saturated rings. The molecule has 1 aromatic carbocycles. The van der Waals surface area contributed by atoms with Gasteiger partial charge in [-0.05, 0) is 43.2 Å². The first-order valence-corrected chi connectivity index (χ1v) is 8.04. The first kappa shape index (κ1) is 17.3. The SMILES string of the molecule is CCOC(=O)N(C)CCC(c1ccc(Cl)cc1)c1ccccn1. The largest absolute Gasteiger partial charge is 0.450 e. The first-order valence-electron chi connectivity index (χ1n) is 7.66. The summed E-state index contributed by atoms with van der Waals surface area (Å²) in [4.78, 5) is 17.8. The van der Waals surface area contributed by atoms with Crippen LogP contribution in [-0.2, 0) is 4.74 Å². The second-order valence-electron chi connectivity index (χ2n) is 5.27. The third-order valence-electron chi connectivity index (χ3n) is 3.65. The number of ether oxygens (including phenoxy) is 1. The molecule has 5 heteroatoms. The van der Waals surface area contributed by atoms with Gasteiger partial charge in [0.05, 0.1) is 6.61 Å². The average Bonchev–Trinajstić information content (AvgIpc) is 2.57. The van der Waals surface area contributed by atoms with Crippen molar-refractivity contribution in [2.45, 2.75) is 19.3 Å². The molecular weight excluding hydrogens is 312 g/mol. The second-order valence-corrected chi connectivity index (χ2v) is 5.70. The lowest BCUT2D eigenvalue weighted by atomic mass is 9.92. The van der Waals surface area contributed by atoms with Crippen LogP contribution in [0.25, 0.3) is 0 Å². The van der Waals surface area contributed by atoms with E-state index in [9.17, 15) is 4.79 Å². The number of hydrogen-bond donors (Lipinski definition) is 0. The molecule has 0 radical (unpaired) electrons. The molecule has 2 aromatic rings. The fraction of sp³-hybridized carbons (Fsp3) is 0.333. The van der Waals surface area contributed by atoms with Crippen LogP contribution in [0.5, 0.6) is 0 Å². The molecule has 0 aliphatic carbocycles. The number of carbonyl (C=O) groups excluding carboxylic acids is 1. The summed E-state index contributed by atoms with van der Waals surface area (Å²) in [5.74, 6) is 0.102. The summed E-state index contributed by atoms with van der Waals surface area (Å²) in [6.07, 6.45) is 2.24. The molecule has 23 heavy (non-hydrogen) atoms. The Morgan fingerprint density at radius 3 is 2.61 bits per heavy atom. The van der Waals surface area contributed by atoms with Crippen LogP contribution in [0, 0.1) is 0 Å². The number of nitrogens with zero attached hydrogens (tertiary/aromatic N) is 2. The van der Waals surface area contributed by atoms with Crippen molar-refractivity contribution in [2.24, 2.45) is 0 Å². The zero-order chi connectivity index (χ0) is 16.7. The highest BCUT2D eigenvalue weighted by atomic mass is 35.5. The number of aromatic nitrogens is 1. The van der Waals surface area contributed by atoms with Gasteiger partial charge in [0.25, 0.3) is 0 Å². The summed E-state index contributed by atoms with van der Waals surface area (Å²) in [5.41, 5.74) is 2.11. The first-order chi connectivity index (χ1) is 11.1. The van der Waals surface area contributed by atoms with Crippen LogP contribution >= 0.6 is 11.6 Å². The quantitative estimate of drug-likeness (QED) is 0.790. The Balaban J connectivity index is 2.15. The lowest BCUT2D eigenvalue weighted by Crippen LogP contribution is -2.29. The minimum atomic E-state index is -0.302. The van der Waals surface area contributed by atoms with Gasteiger partial charge >= 0.3 is 6.09 Å². The van der Waals surface area contributed by atoms with Crippen molar-refractivity contribution in [3.05, 3.63) is 64.9 Å². The fourth-order valence-corrected chi connectivity index (χ4v) is 2.54. The van der Waals surface area contributed by atoms with E-state index < -0.39 is 0 Å². The molecule has 0 spiro atoms. The Morgan fingerprint density at radius 1 is 1.26 bits per heavy atom. The van der Waals surface area contributed by atoms with E-state index >= 15 is 0 Å². The molecule has 0 saturated heterocycles. The predicted molar refractivity (Wildman–Crippen MR) is 91.8 cm³/mol. The maximum Gasteiger partial charge on any atom is 0.409 e. The molecular formula is C18H21ClN2O2. The molecule has 0 N–H and O–H groups in total. The van der Waals surface area contributed by atoms with E-state index in [0.717, 1.165) is 17.7 Å². The number of hydrogen-bond acceptors (Lipinski definition) is 3. The van der Waals surface area contributed by atoms with Gasteiger partial charge in [0.2, 0.25) is 0 Å². The molecule has 122 valence electrons. The minimum Gasteiger partial charge on any atom is -0.450 e. The summed E-state index contributed by atoms with van der Waals surface area (Å²) in [6, 6.07) is 13.6. The van der Waals surface area contributed by atoms with Crippen LogP contribution in [0.4, 0.5) is 4.79 Å². The summed E-state index contributed by atoms with van der Waals surface area (Å²) < 4.78 is 5.02. The van der Waals surface area contributed by atoms with Gasteiger partial charge in [-0.25, -0.2) is 4.79 Å². The van der Waals surface area contributed by atoms with Crippen molar-refractivity contribution < 1.29 is 9.53 Å². The maximum absolute atomic E-state index is 11.7. The van der Waals surface area contributed by atoms with Crippen LogP contribution < -0.4 is 0 Å². The van der Waals surface area contributed by atoms with Gasteiger partial charge in [-0.15, -0.1) is 0 Å². The molecule has 0 aliphatic heterocycles. The number of carbonyl (C=O) groups is 1. The van der Waals surface area contributed by atoms with E-state index in [1.807, 2.05) is 42.5 Å². The van der Waals surface area contributed by atoms with E-state index in [0.29, 0.717) is 18.2 Å². The highest BCUT2D eigenvalue weighted by molar-refractivity contribution is 6.30. The molecule has 1 unspecified atom stereocenters. The molecule has 1 atom stereocenters. The maximum atomic E-state index is 11.7. The van der Waals surface area contributed by atoms with Gasteiger partial charge in [0.15, 0.2) is 0 Å². The number of benzene rings is 1. The third-order valence-corrected chi connectivity index (χ3v) is 3.90. The molecule has 1 amide bonds. The van der Waals surface area contributed by atoms with Crippen molar-refractivity contribution in [2.75, 3.05) is 20.2 Å². The zero-order valence-corrected chi connectivity index (χ0v) is 14.2. The van der Waals surface area contributed by atoms with E-state index in [1.165, 1.54) is 0 Å². The normalized spacial score (nSPS) is 11.8. The Morgan fingerprint density at radius 2 is 2.00 bits per heavy atom. The molecule has 1 aromatic heterocycles. The number of amides is 1. The molecule has 0 bridgehead atoms. The molecule has 1 heterocycles. The lowest BCUT2D eigenvalue weighted by Gasteiger charge is -2.21. The fourth-order valence-electron chi connectivity index (χ4n) is 2.41. The van der Waals surface area contributed by atoms with Crippen LogP contribution in [0.2, 0.25) is 5.02 Å². The van der Waals surface area contributed by atoms with Crippen LogP contribution in [0.3, 0.4) is 0 Å². The van der Waals surface area contributed by atoms with E-state index in [4.69, 9.17) is 16.3 Å². The summed E-state index contributed by atoms with van der Waals surface area (Å²) in [5, 5.41) is 0.706. The Labute approximate surface area is 142 Å². The smallest absolute Gasteiger partial charge is 0.409 e. The van der Waals surface area contributed by atoms with Crippen molar-refractivity contribution in [3.8, 4) is 0 Å². The Bertz CT molecular complexity index is 617. The number of pyridine rings is 1. The third kappa shape index (κ3) is 4.96. The Hall–Kier alpha value is -2.07. The predicted octanol–water partition coefficient (Wildman–Crippen LogP) is 4.35. The minimum absolute atomic E-state index is 0.102. The summed E-state index contributed by atoms with van der Waals surface area (Å²) >= 11 is 5.98. The average molecular weight is 333 g/mol. The van der Waals surface area contributed by atoms with Crippen LogP contribution in [-0.4, -0.2) is 36.2 Å². The van der Waals surface area contributed by atoms with Crippen molar-refractivity contribution in [1.29, 1.82) is 0 Å². The topological polar surface area (TPSA) is 42.4 Å². The van der Waals surface area contributed by atoms with Crippen molar-refractivity contribution >= 4 is 17.7 Å². The molecule has 4 nitrogen and oxygen atoms in total. The van der Waals surface area contributed by atoms with Gasteiger partial charge in [-0.3, -0.25) is 4.98 Å². The van der Waals surface area contributed by atoms with Gasteiger partial charge < -0.3 is 9.64 Å². The lowest BCUT2D eigenvalue weighted by molar-refractivity contribution is 0.115. The number of rotatable bonds is 6. The van der Waals surface area contributed by atoms with E-state index in [-0.39, 0.29) is 12.0 Å². The highest BCUT2D eigenvalue weighted by Gasteiger charge is 2.18. The highest BCUT2D eigenvalue weighted by Crippen LogP contribution is 2.27. The zero-order valence-electron chi connectivity index (χ0n) is 13.4. The second kappa shape index (κ2) is 8.53. The molecule has 0 aliphatic rings. The van der Waals surface area contributed by atoms with E-state index in [2.05, 4.69) is 4.98 Å². The summed E-state index contributed by atoms with van der Waals surface area (Å²) in [6.45, 7) is 2.77. The summed E-state index contributed by atoms with van der Waals surface area (Å²) in [7, 11) is 1.75. The van der Waals surface area contributed by atoms with Gasteiger partial charge in [-0.2, -0.15) is 0 Å². The Kier molecular flexibility index (Phi) is 6.41. The van der Waals surface area contributed by atoms with Crippen LogP contribution in [0.1, 0.15) is 30.5 Å². The number of halogens is 1. The van der Waals surface area contributed by atoms with Crippen molar-refractivity contribution in [3.63, 3.8) is 0 Å². The van der Waals surface area contributed by atoms with Crippen molar-refractivity contribution in [1.82, 2.24) is 9.88 Å². The molecule has 0 saturated carbocycles. The van der Waals surface area contributed by atoms with Crippen LogP contribution in [0.15, 0.2) is 48.7 Å². The van der Waals surface area contributed by atoms with Gasteiger partial charge in [-0.1, -0.05) is 29.8 Å². The monoisotopic (exact) mass is 332 g/mol. The van der Waals surface area contributed by atoms with E-state index in [1.54, 1.807) is 25.1 Å².